The molecule has 0 aliphatic heterocycles. The van der Waals surface area contributed by atoms with E-state index in [1.807, 2.05) is 11.3 Å². The lowest BCUT2D eigenvalue weighted by molar-refractivity contribution is -0.0619. The molecule has 0 saturated heterocycles. The van der Waals surface area contributed by atoms with Crippen molar-refractivity contribution in [3.05, 3.63) is 22.4 Å². The Labute approximate surface area is 114 Å². The summed E-state index contributed by atoms with van der Waals surface area (Å²) in [7, 11) is 0. The van der Waals surface area contributed by atoms with Crippen LogP contribution >= 0.6 is 11.3 Å². The van der Waals surface area contributed by atoms with Gasteiger partial charge in [-0.05, 0) is 74.1 Å². The van der Waals surface area contributed by atoms with Gasteiger partial charge in [-0.3, -0.25) is 0 Å². The topological polar surface area (TPSA) is 26.0 Å². The number of hydrogen-bond acceptors (Lipinski definition) is 2. The summed E-state index contributed by atoms with van der Waals surface area (Å²) in [6.45, 7) is 2.24. The highest BCUT2D eigenvalue weighted by molar-refractivity contribution is 7.10. The quantitative estimate of drug-likeness (QED) is 0.861. The first-order chi connectivity index (χ1) is 8.68. The van der Waals surface area contributed by atoms with Crippen LogP contribution in [0.15, 0.2) is 17.5 Å². The molecule has 1 nitrogen and oxygen atoms in total. The molecule has 3 unspecified atom stereocenters. The lowest BCUT2D eigenvalue weighted by atomic mass is 9.45. The maximum Gasteiger partial charge on any atom is 0.0107 e. The number of hydrogen-bond donors (Lipinski definition) is 1. The highest BCUT2D eigenvalue weighted by atomic mass is 32.1. The Balaban J connectivity index is 1.71. The molecule has 18 heavy (non-hydrogen) atoms. The summed E-state index contributed by atoms with van der Waals surface area (Å²) in [4.78, 5) is 1.67. The van der Waals surface area contributed by atoms with Crippen LogP contribution in [0.2, 0.25) is 0 Å². The molecular weight excluding hydrogens is 238 g/mol. The van der Waals surface area contributed by atoms with Crippen LogP contribution in [0.25, 0.3) is 0 Å². The first kappa shape index (κ1) is 11.5. The van der Waals surface area contributed by atoms with E-state index < -0.39 is 0 Å². The van der Waals surface area contributed by atoms with Gasteiger partial charge >= 0.3 is 0 Å². The van der Waals surface area contributed by atoms with Crippen molar-refractivity contribution in [3.8, 4) is 0 Å². The fourth-order valence-corrected chi connectivity index (χ4v) is 6.77. The molecule has 4 aliphatic carbocycles. The van der Waals surface area contributed by atoms with E-state index in [0.29, 0.717) is 11.5 Å². The molecule has 4 saturated carbocycles. The highest BCUT2D eigenvalue weighted by Gasteiger charge is 2.56. The molecule has 2 heteroatoms. The van der Waals surface area contributed by atoms with Crippen molar-refractivity contribution in [2.45, 2.75) is 50.5 Å². The van der Waals surface area contributed by atoms with Crippen molar-refractivity contribution in [1.29, 1.82) is 0 Å². The molecule has 1 heterocycles. The van der Waals surface area contributed by atoms with Crippen LogP contribution in [0.3, 0.4) is 0 Å². The van der Waals surface area contributed by atoms with Gasteiger partial charge in [0.1, 0.15) is 0 Å². The molecule has 4 fully saturated rings. The molecule has 3 atom stereocenters. The number of thiophene rings is 1. The van der Waals surface area contributed by atoms with Gasteiger partial charge in [-0.2, -0.15) is 0 Å². The van der Waals surface area contributed by atoms with E-state index in [4.69, 9.17) is 5.73 Å². The zero-order valence-corrected chi connectivity index (χ0v) is 12.0. The Hall–Kier alpha value is -0.340. The zero-order valence-electron chi connectivity index (χ0n) is 11.1. The second kappa shape index (κ2) is 3.83. The summed E-state index contributed by atoms with van der Waals surface area (Å²) in [5.74, 6) is 3.64. The summed E-state index contributed by atoms with van der Waals surface area (Å²) in [6.07, 6.45) is 7.25. The minimum Gasteiger partial charge on any atom is -0.328 e. The number of rotatable bonds is 2. The van der Waals surface area contributed by atoms with E-state index in [1.165, 1.54) is 32.1 Å². The Kier molecular flexibility index (Phi) is 2.44. The van der Waals surface area contributed by atoms with E-state index in [2.05, 4.69) is 24.4 Å². The monoisotopic (exact) mass is 261 g/mol. The number of nitrogens with two attached hydrogens (primary N) is 1. The molecule has 0 radical (unpaired) electrons. The van der Waals surface area contributed by atoms with Crippen molar-refractivity contribution in [2.75, 3.05) is 0 Å². The second-order valence-corrected chi connectivity index (χ2v) is 8.11. The molecule has 2 N–H and O–H groups in total. The van der Waals surface area contributed by atoms with Crippen LogP contribution in [0.1, 0.15) is 43.9 Å². The van der Waals surface area contributed by atoms with Crippen LogP contribution < -0.4 is 5.73 Å². The molecular formula is C16H23NS. The van der Waals surface area contributed by atoms with Crippen LogP contribution in [-0.4, -0.2) is 6.04 Å². The van der Waals surface area contributed by atoms with Crippen LogP contribution in [0.5, 0.6) is 0 Å². The third-order valence-corrected chi connectivity index (χ3v) is 7.11. The maximum absolute atomic E-state index is 6.28. The lowest BCUT2D eigenvalue weighted by Gasteiger charge is -2.61. The molecule has 1 aromatic rings. The fourth-order valence-electron chi connectivity index (χ4n) is 5.80. The predicted molar refractivity (Wildman–Crippen MR) is 76.7 cm³/mol. The van der Waals surface area contributed by atoms with Gasteiger partial charge in [-0.15, -0.1) is 11.3 Å². The van der Waals surface area contributed by atoms with Gasteiger partial charge in [-0.1, -0.05) is 6.07 Å². The summed E-state index contributed by atoms with van der Waals surface area (Å²) in [5.41, 5.74) is 6.83. The fraction of sp³-hybridized carbons (Fsp3) is 0.750. The Morgan fingerprint density at radius 3 is 2.56 bits per heavy atom. The minimum absolute atomic E-state index is 0.403. The maximum atomic E-state index is 6.28. The van der Waals surface area contributed by atoms with Crippen molar-refractivity contribution in [2.24, 2.45) is 29.4 Å². The van der Waals surface area contributed by atoms with Crippen LogP contribution in [-0.2, 0) is 5.41 Å². The molecule has 4 bridgehead atoms. The summed E-state index contributed by atoms with van der Waals surface area (Å²) in [6, 6.07) is 5.03. The predicted octanol–water partition coefficient (Wildman–Crippen LogP) is 3.79. The van der Waals surface area contributed by atoms with Crippen LogP contribution in [0.4, 0.5) is 0 Å². The van der Waals surface area contributed by atoms with Gasteiger partial charge in [-0.25, -0.2) is 0 Å². The van der Waals surface area contributed by atoms with Gasteiger partial charge in [0.2, 0.25) is 0 Å². The van der Waals surface area contributed by atoms with Crippen molar-refractivity contribution < 1.29 is 0 Å². The molecule has 0 spiro atoms. The molecule has 98 valence electrons. The van der Waals surface area contributed by atoms with Gasteiger partial charge in [0.15, 0.2) is 0 Å². The molecule has 5 rings (SSSR count). The summed E-state index contributed by atoms with van der Waals surface area (Å²) < 4.78 is 0. The van der Waals surface area contributed by atoms with Gasteiger partial charge in [0.05, 0.1) is 0 Å². The summed E-state index contributed by atoms with van der Waals surface area (Å²) >= 11 is 1.99. The minimum atomic E-state index is 0.403. The van der Waals surface area contributed by atoms with E-state index in [-0.39, 0.29) is 0 Å². The Bertz CT molecular complexity index is 420. The third kappa shape index (κ3) is 1.48. The summed E-state index contributed by atoms with van der Waals surface area (Å²) in [5, 5.41) is 2.26. The first-order valence-electron chi connectivity index (χ1n) is 7.47. The Morgan fingerprint density at radius 1 is 1.28 bits per heavy atom. The average Bonchev–Trinajstić information content (AvgIpc) is 2.80. The van der Waals surface area contributed by atoms with Crippen molar-refractivity contribution in [1.82, 2.24) is 0 Å². The molecule has 0 aromatic carbocycles. The van der Waals surface area contributed by atoms with Gasteiger partial charge < -0.3 is 5.73 Å². The largest absolute Gasteiger partial charge is 0.328 e. The molecule has 4 aliphatic rings. The molecule has 0 amide bonds. The van der Waals surface area contributed by atoms with E-state index in [0.717, 1.165) is 23.7 Å². The van der Waals surface area contributed by atoms with Crippen molar-refractivity contribution in [3.63, 3.8) is 0 Å². The van der Waals surface area contributed by atoms with Crippen LogP contribution in [0, 0.1) is 23.7 Å². The zero-order chi connectivity index (χ0) is 12.3. The van der Waals surface area contributed by atoms with E-state index >= 15 is 0 Å². The molecule has 1 aromatic heterocycles. The standard InChI is InChI=1S/C16H23NS/c1-10(17)15-12-5-11-6-13(15)9-16(7-11,8-12)14-3-2-4-18-14/h2-4,10-13,15H,5-9,17H2,1H3. The second-order valence-electron chi connectivity index (χ2n) is 7.16. The average molecular weight is 261 g/mol. The van der Waals surface area contributed by atoms with E-state index in [9.17, 15) is 0 Å². The SMILES string of the molecule is CC(N)C1C2CC3CC1CC(c1cccs1)(C3)C2. The lowest BCUT2D eigenvalue weighted by Crippen LogP contribution is -2.56. The first-order valence-corrected chi connectivity index (χ1v) is 8.35. The highest BCUT2D eigenvalue weighted by Crippen LogP contribution is 2.63. The van der Waals surface area contributed by atoms with Crippen molar-refractivity contribution >= 4 is 11.3 Å². The third-order valence-electron chi connectivity index (χ3n) is 6.00. The van der Waals surface area contributed by atoms with Gasteiger partial charge in [0, 0.05) is 16.3 Å². The smallest absolute Gasteiger partial charge is 0.0107 e. The van der Waals surface area contributed by atoms with E-state index in [1.54, 1.807) is 4.88 Å². The Morgan fingerprint density at radius 2 is 2.00 bits per heavy atom. The van der Waals surface area contributed by atoms with Gasteiger partial charge in [0.25, 0.3) is 0 Å². The normalized spacial score (nSPS) is 47.4.